The number of hydrogen-bond donors (Lipinski definition) is 0. The second-order valence-corrected chi connectivity index (χ2v) is 7.81. The molecule has 0 spiro atoms. The summed E-state index contributed by atoms with van der Waals surface area (Å²) in [5.74, 6) is 0. The molecule has 0 amide bonds. The zero-order valence-corrected chi connectivity index (χ0v) is 14.7. The molecule has 0 bridgehead atoms. The van der Waals surface area contributed by atoms with E-state index < -0.39 is 0 Å². The van der Waals surface area contributed by atoms with Crippen molar-refractivity contribution >= 4 is 0 Å². The molecular weight excluding hydrogens is 252 g/mol. The third-order valence-corrected chi connectivity index (χ3v) is 6.97. The number of hydrogen-bond acceptors (Lipinski definition) is 0. The molecule has 0 aromatic rings. The van der Waals surface area contributed by atoms with Gasteiger partial charge in [0.1, 0.15) is 0 Å². The van der Waals surface area contributed by atoms with Gasteiger partial charge in [0.05, 0.1) is 0 Å². The van der Waals surface area contributed by atoms with Gasteiger partial charge in [0.15, 0.2) is 0 Å². The fraction of sp³-hybridized carbons (Fsp3) is 0.529. The van der Waals surface area contributed by atoms with E-state index in [0.717, 1.165) is 0 Å². The Kier molecular flexibility index (Phi) is 5.03. The fourth-order valence-corrected chi connectivity index (χ4v) is 4.76. The topological polar surface area (TPSA) is 0 Å². The van der Waals surface area contributed by atoms with Crippen LogP contribution >= 0.6 is 0 Å². The van der Waals surface area contributed by atoms with Crippen LogP contribution in [0, 0.1) is 5.41 Å². The molecule has 0 radical (unpaired) electrons. The summed E-state index contributed by atoms with van der Waals surface area (Å²) in [5.41, 5.74) is 7.74. The molecule has 1 aliphatic carbocycles. The van der Waals surface area contributed by atoms with Crippen molar-refractivity contribution in [1.29, 1.82) is 0 Å². The predicted octanol–water partition coefficient (Wildman–Crippen LogP) is 5.59. The van der Waals surface area contributed by atoms with Crippen molar-refractivity contribution in [2.75, 3.05) is 0 Å². The molecule has 0 fully saturated rings. The van der Waals surface area contributed by atoms with E-state index in [4.69, 9.17) is 0 Å². The van der Waals surface area contributed by atoms with Crippen molar-refractivity contribution in [3.05, 3.63) is 42.2 Å². The molecule has 0 aliphatic heterocycles. The van der Waals surface area contributed by atoms with Crippen molar-refractivity contribution in [1.82, 2.24) is 0 Å². The molecule has 0 aromatic carbocycles. The normalized spacial score (nSPS) is 19.4. The molecule has 0 aromatic heterocycles. The number of rotatable bonds is 3. The van der Waals surface area contributed by atoms with Gasteiger partial charge in [-0.25, -0.2) is 0 Å². The van der Waals surface area contributed by atoms with Crippen molar-refractivity contribution in [3.8, 4) is 0 Å². The SMILES string of the molecule is CC(C)=C/C(C)=[CH]\[Ti][C]1=C(C)C(C)=C(C)C1(C)C. The van der Waals surface area contributed by atoms with Gasteiger partial charge in [0.2, 0.25) is 0 Å². The van der Waals surface area contributed by atoms with E-state index in [1.807, 2.05) is 0 Å². The van der Waals surface area contributed by atoms with Crippen LogP contribution in [-0.2, 0) is 19.2 Å². The molecule has 0 N–H and O–H groups in total. The first-order valence-electron chi connectivity index (χ1n) is 6.65. The first kappa shape index (κ1) is 15.7. The van der Waals surface area contributed by atoms with Crippen molar-refractivity contribution in [2.24, 2.45) is 5.41 Å². The van der Waals surface area contributed by atoms with Gasteiger partial charge >= 0.3 is 122 Å². The average molecular weight is 278 g/mol. The van der Waals surface area contributed by atoms with Crippen LogP contribution in [-0.4, -0.2) is 0 Å². The Morgan fingerprint density at radius 3 is 1.94 bits per heavy atom. The minimum atomic E-state index is -0.151. The van der Waals surface area contributed by atoms with Gasteiger partial charge < -0.3 is 0 Å². The first-order chi connectivity index (χ1) is 8.17. The Hall–Kier alpha value is -0.326. The Bertz CT molecular complexity index is 464. The Morgan fingerprint density at radius 1 is 1.00 bits per heavy atom. The molecule has 1 rings (SSSR count). The quantitative estimate of drug-likeness (QED) is 0.466. The molecule has 98 valence electrons. The van der Waals surface area contributed by atoms with Crippen LogP contribution < -0.4 is 0 Å². The van der Waals surface area contributed by atoms with Gasteiger partial charge in [-0.2, -0.15) is 0 Å². The van der Waals surface area contributed by atoms with Crippen LogP contribution in [0.4, 0.5) is 0 Å². The summed E-state index contributed by atoms with van der Waals surface area (Å²) in [7, 11) is 0. The van der Waals surface area contributed by atoms with E-state index in [9.17, 15) is 0 Å². The molecule has 0 saturated heterocycles. The number of allylic oxidation sites excluding steroid dienone is 7. The monoisotopic (exact) mass is 278 g/mol. The van der Waals surface area contributed by atoms with Gasteiger partial charge in [-0.05, 0) is 0 Å². The fourth-order valence-electron chi connectivity index (χ4n) is 2.57. The summed E-state index contributed by atoms with van der Waals surface area (Å²) < 4.78 is 4.19. The standard InChI is InChI=1S/C10H15.C7H11.Ti/c1-7-6-10(4,5)9(3)8(7)2;1-6(2)5-7(3)4;/h1-5H3;1,5H,2-4H3;. The Balaban J connectivity index is 2.98. The van der Waals surface area contributed by atoms with E-state index >= 15 is 0 Å². The van der Waals surface area contributed by atoms with E-state index in [0.29, 0.717) is 0 Å². The maximum atomic E-state index is 2.49. The van der Waals surface area contributed by atoms with Gasteiger partial charge in [-0.15, -0.1) is 0 Å². The van der Waals surface area contributed by atoms with Crippen molar-refractivity contribution in [2.45, 2.75) is 55.4 Å². The molecule has 0 unspecified atom stereocenters. The first-order valence-corrected chi connectivity index (χ1v) is 8.34. The molecule has 0 saturated carbocycles. The Morgan fingerprint density at radius 2 is 1.56 bits per heavy atom. The summed E-state index contributed by atoms with van der Waals surface area (Å²) in [6, 6.07) is 0. The van der Waals surface area contributed by atoms with Crippen LogP contribution in [0.25, 0.3) is 0 Å². The van der Waals surface area contributed by atoms with Crippen LogP contribution in [0.15, 0.2) is 42.2 Å². The summed E-state index contributed by atoms with van der Waals surface area (Å²) in [6.07, 6.45) is 2.29. The molecule has 0 atom stereocenters. The summed E-state index contributed by atoms with van der Waals surface area (Å²) in [5, 5.41) is 0. The summed E-state index contributed by atoms with van der Waals surface area (Å²) in [4.78, 5) is 0. The third kappa shape index (κ3) is 3.16. The van der Waals surface area contributed by atoms with Gasteiger partial charge in [-0.1, -0.05) is 0 Å². The van der Waals surface area contributed by atoms with E-state index in [-0.39, 0.29) is 24.6 Å². The summed E-state index contributed by atoms with van der Waals surface area (Å²) in [6.45, 7) is 18.2. The van der Waals surface area contributed by atoms with Crippen LogP contribution in [0.3, 0.4) is 0 Å². The van der Waals surface area contributed by atoms with Crippen molar-refractivity contribution < 1.29 is 19.2 Å². The van der Waals surface area contributed by atoms with Crippen LogP contribution in [0.2, 0.25) is 0 Å². The third-order valence-electron chi connectivity index (χ3n) is 4.02. The van der Waals surface area contributed by atoms with E-state index in [2.05, 4.69) is 65.8 Å². The molecule has 0 nitrogen and oxygen atoms in total. The molecule has 1 heteroatoms. The van der Waals surface area contributed by atoms with E-state index in [1.54, 1.807) is 15.0 Å². The molecule has 18 heavy (non-hydrogen) atoms. The van der Waals surface area contributed by atoms with Crippen LogP contribution in [0.5, 0.6) is 0 Å². The second-order valence-electron chi connectivity index (χ2n) is 6.13. The van der Waals surface area contributed by atoms with Gasteiger partial charge in [0, 0.05) is 0 Å². The predicted molar refractivity (Wildman–Crippen MR) is 78.0 cm³/mol. The van der Waals surface area contributed by atoms with E-state index in [1.165, 1.54) is 16.7 Å². The maximum absolute atomic E-state index is 2.49. The van der Waals surface area contributed by atoms with Gasteiger partial charge in [-0.3, -0.25) is 0 Å². The average Bonchev–Trinajstić information content (AvgIpc) is 2.37. The molecule has 1 aliphatic rings. The zero-order chi connectivity index (χ0) is 14.1. The minimum absolute atomic E-state index is 0.151. The molecule has 0 heterocycles. The Labute approximate surface area is 122 Å². The summed E-state index contributed by atoms with van der Waals surface area (Å²) >= 11 is -0.151. The zero-order valence-electron chi connectivity index (χ0n) is 13.2. The van der Waals surface area contributed by atoms with Gasteiger partial charge in [0.25, 0.3) is 0 Å². The van der Waals surface area contributed by atoms with Crippen molar-refractivity contribution in [3.63, 3.8) is 0 Å². The second kappa shape index (κ2) is 5.76. The van der Waals surface area contributed by atoms with Crippen LogP contribution in [0.1, 0.15) is 55.4 Å². The molecular formula is C17H26Ti.